The third kappa shape index (κ3) is 3.53. The van der Waals surface area contributed by atoms with E-state index < -0.39 is 10.2 Å². The first-order valence-corrected chi connectivity index (χ1v) is 9.37. The van der Waals surface area contributed by atoms with Gasteiger partial charge in [0.15, 0.2) is 0 Å². The summed E-state index contributed by atoms with van der Waals surface area (Å²) in [5.74, 6) is 0.678. The molecule has 2 saturated carbocycles. The second kappa shape index (κ2) is 6.30. The van der Waals surface area contributed by atoms with E-state index >= 15 is 0 Å². The van der Waals surface area contributed by atoms with Crippen LogP contribution in [0.2, 0.25) is 0 Å². The van der Waals surface area contributed by atoms with Crippen LogP contribution in [0, 0.1) is 5.92 Å². The average molecular weight is 303 g/mol. The SMILES string of the molecule is CCCN(C1(CN)CCC(C)CC1)S(=O)(=O)NC1CC1. The van der Waals surface area contributed by atoms with Crippen LogP contribution in [0.4, 0.5) is 0 Å². The Bertz CT molecular complexity index is 412. The van der Waals surface area contributed by atoms with E-state index in [1.165, 1.54) is 0 Å². The molecule has 3 N–H and O–H groups in total. The van der Waals surface area contributed by atoms with Gasteiger partial charge in [-0.2, -0.15) is 17.4 Å². The monoisotopic (exact) mass is 303 g/mol. The minimum Gasteiger partial charge on any atom is -0.329 e. The Morgan fingerprint density at radius 3 is 2.30 bits per heavy atom. The normalized spacial score (nSPS) is 31.7. The summed E-state index contributed by atoms with van der Waals surface area (Å²) in [5.41, 5.74) is 5.65. The van der Waals surface area contributed by atoms with Gasteiger partial charge in [-0.25, -0.2) is 0 Å². The maximum Gasteiger partial charge on any atom is 0.280 e. The predicted octanol–water partition coefficient (Wildman–Crippen LogP) is 1.60. The molecule has 0 aromatic rings. The fourth-order valence-electron chi connectivity index (χ4n) is 3.15. The Kier molecular flexibility index (Phi) is 5.10. The number of hydrogen-bond acceptors (Lipinski definition) is 3. The molecule has 0 saturated heterocycles. The Hall–Kier alpha value is -0.170. The molecule has 20 heavy (non-hydrogen) atoms. The van der Waals surface area contributed by atoms with Crippen molar-refractivity contribution in [2.75, 3.05) is 13.1 Å². The van der Waals surface area contributed by atoms with Crippen LogP contribution in [0.15, 0.2) is 0 Å². The van der Waals surface area contributed by atoms with Crippen LogP contribution >= 0.6 is 0 Å². The van der Waals surface area contributed by atoms with Crippen LogP contribution in [0.3, 0.4) is 0 Å². The number of nitrogens with zero attached hydrogens (tertiary/aromatic N) is 1. The van der Waals surface area contributed by atoms with Gasteiger partial charge in [-0.1, -0.05) is 13.8 Å². The van der Waals surface area contributed by atoms with Gasteiger partial charge < -0.3 is 5.73 Å². The molecule has 0 radical (unpaired) electrons. The van der Waals surface area contributed by atoms with Crippen molar-refractivity contribution in [3.05, 3.63) is 0 Å². The quantitative estimate of drug-likeness (QED) is 0.750. The third-order valence-corrected chi connectivity index (χ3v) is 6.51. The fraction of sp³-hybridized carbons (Fsp3) is 1.00. The lowest BCUT2D eigenvalue weighted by molar-refractivity contribution is 0.114. The minimum absolute atomic E-state index is 0.150. The van der Waals surface area contributed by atoms with Gasteiger partial charge in [-0.3, -0.25) is 0 Å². The Labute approximate surface area is 123 Å². The molecule has 0 atom stereocenters. The van der Waals surface area contributed by atoms with Crippen molar-refractivity contribution in [2.45, 2.75) is 70.4 Å². The van der Waals surface area contributed by atoms with E-state index in [-0.39, 0.29) is 11.6 Å². The Morgan fingerprint density at radius 1 is 1.25 bits per heavy atom. The zero-order valence-electron chi connectivity index (χ0n) is 12.8. The smallest absolute Gasteiger partial charge is 0.280 e. The van der Waals surface area contributed by atoms with Gasteiger partial charge in [0, 0.05) is 24.7 Å². The second-order valence-electron chi connectivity index (χ2n) is 6.58. The molecular weight excluding hydrogens is 274 g/mol. The highest BCUT2D eigenvalue weighted by Crippen LogP contribution is 2.37. The van der Waals surface area contributed by atoms with Crippen LogP contribution in [0.25, 0.3) is 0 Å². The predicted molar refractivity (Wildman–Crippen MR) is 81.5 cm³/mol. The van der Waals surface area contributed by atoms with Gasteiger partial charge >= 0.3 is 0 Å². The van der Waals surface area contributed by atoms with Crippen LogP contribution < -0.4 is 10.5 Å². The van der Waals surface area contributed by atoms with E-state index in [4.69, 9.17) is 5.73 Å². The van der Waals surface area contributed by atoms with Crippen molar-refractivity contribution in [3.8, 4) is 0 Å². The molecule has 0 heterocycles. The molecule has 2 aliphatic rings. The Balaban J connectivity index is 2.20. The van der Waals surface area contributed by atoms with E-state index in [9.17, 15) is 8.42 Å². The molecule has 0 aliphatic heterocycles. The van der Waals surface area contributed by atoms with E-state index in [1.807, 2.05) is 6.92 Å². The van der Waals surface area contributed by atoms with Gasteiger partial charge in [0.1, 0.15) is 0 Å². The van der Waals surface area contributed by atoms with Crippen molar-refractivity contribution in [1.29, 1.82) is 0 Å². The maximum absolute atomic E-state index is 12.7. The molecule has 0 aromatic carbocycles. The number of nitrogens with one attached hydrogen (secondary N) is 1. The van der Waals surface area contributed by atoms with Crippen molar-refractivity contribution in [1.82, 2.24) is 9.03 Å². The summed E-state index contributed by atoms with van der Waals surface area (Å²) in [6.45, 7) is 5.25. The van der Waals surface area contributed by atoms with Crippen molar-refractivity contribution in [3.63, 3.8) is 0 Å². The molecule has 0 amide bonds. The number of nitrogens with two attached hydrogens (primary N) is 1. The highest BCUT2D eigenvalue weighted by atomic mass is 32.2. The fourth-order valence-corrected chi connectivity index (χ4v) is 5.12. The summed E-state index contributed by atoms with van der Waals surface area (Å²) in [4.78, 5) is 0. The lowest BCUT2D eigenvalue weighted by Crippen LogP contribution is -2.60. The molecule has 0 spiro atoms. The molecule has 118 valence electrons. The summed E-state index contributed by atoms with van der Waals surface area (Å²) in [6.07, 6.45) is 6.65. The standard InChI is InChI=1S/C14H29N3O2S/c1-3-10-17(20(18,19)16-13-4-5-13)14(11-15)8-6-12(2)7-9-14/h12-13,16H,3-11,15H2,1-2H3. The lowest BCUT2D eigenvalue weighted by Gasteiger charge is -2.46. The average Bonchev–Trinajstić information content (AvgIpc) is 3.21. The molecule has 2 rings (SSSR count). The first-order chi connectivity index (χ1) is 9.43. The molecule has 0 unspecified atom stereocenters. The first-order valence-electron chi connectivity index (χ1n) is 7.93. The highest BCUT2D eigenvalue weighted by molar-refractivity contribution is 7.87. The van der Waals surface area contributed by atoms with Gasteiger partial charge in [0.25, 0.3) is 10.2 Å². The van der Waals surface area contributed by atoms with Gasteiger partial charge in [-0.05, 0) is 50.9 Å². The first kappa shape index (κ1) is 16.2. The molecule has 0 bridgehead atoms. The number of hydrogen-bond donors (Lipinski definition) is 2. The van der Waals surface area contributed by atoms with E-state index in [2.05, 4.69) is 11.6 Å². The topological polar surface area (TPSA) is 75.4 Å². The summed E-state index contributed by atoms with van der Waals surface area (Å²) in [6, 6.07) is 0.150. The molecule has 6 heteroatoms. The Morgan fingerprint density at radius 2 is 1.85 bits per heavy atom. The van der Waals surface area contributed by atoms with E-state index in [0.29, 0.717) is 19.0 Å². The maximum atomic E-state index is 12.7. The van der Waals surface area contributed by atoms with E-state index in [1.54, 1.807) is 4.31 Å². The largest absolute Gasteiger partial charge is 0.329 e. The summed E-state index contributed by atoms with van der Waals surface area (Å²) >= 11 is 0. The molecule has 5 nitrogen and oxygen atoms in total. The highest BCUT2D eigenvalue weighted by Gasteiger charge is 2.45. The van der Waals surface area contributed by atoms with Gasteiger partial charge in [0.2, 0.25) is 0 Å². The zero-order valence-corrected chi connectivity index (χ0v) is 13.6. The number of rotatable bonds is 7. The van der Waals surface area contributed by atoms with Gasteiger partial charge in [0.05, 0.1) is 0 Å². The second-order valence-corrected chi connectivity index (χ2v) is 8.21. The molecular formula is C14H29N3O2S. The zero-order chi connectivity index (χ0) is 14.8. The summed E-state index contributed by atoms with van der Waals surface area (Å²) in [7, 11) is -3.41. The van der Waals surface area contributed by atoms with Crippen LogP contribution in [0.1, 0.15) is 58.8 Å². The van der Waals surface area contributed by atoms with Crippen molar-refractivity contribution < 1.29 is 8.42 Å². The minimum atomic E-state index is -3.41. The van der Waals surface area contributed by atoms with Crippen LogP contribution in [0.5, 0.6) is 0 Å². The van der Waals surface area contributed by atoms with Gasteiger partial charge in [-0.15, -0.1) is 0 Å². The lowest BCUT2D eigenvalue weighted by atomic mass is 9.77. The summed E-state index contributed by atoms with van der Waals surface area (Å²) in [5, 5.41) is 0. The van der Waals surface area contributed by atoms with Crippen LogP contribution in [-0.2, 0) is 10.2 Å². The van der Waals surface area contributed by atoms with Crippen molar-refractivity contribution in [2.24, 2.45) is 11.7 Å². The molecule has 0 aromatic heterocycles. The van der Waals surface area contributed by atoms with E-state index in [0.717, 1.165) is 44.9 Å². The van der Waals surface area contributed by atoms with Crippen molar-refractivity contribution >= 4 is 10.2 Å². The summed E-state index contributed by atoms with van der Waals surface area (Å²) < 4.78 is 29.9. The molecule has 2 fully saturated rings. The molecule has 2 aliphatic carbocycles. The van der Waals surface area contributed by atoms with Crippen LogP contribution in [-0.4, -0.2) is 37.4 Å². The third-order valence-electron chi connectivity index (χ3n) is 4.72.